The van der Waals surface area contributed by atoms with E-state index in [2.05, 4.69) is 70.2 Å². The van der Waals surface area contributed by atoms with Crippen LogP contribution in [0, 0.1) is 0 Å². The van der Waals surface area contributed by atoms with Crippen molar-refractivity contribution >= 4 is 11.5 Å². The van der Waals surface area contributed by atoms with Crippen molar-refractivity contribution in [2.45, 2.75) is 6.54 Å². The van der Waals surface area contributed by atoms with Crippen LogP contribution in [0.25, 0.3) is 0 Å². The van der Waals surface area contributed by atoms with Crippen LogP contribution in [0.3, 0.4) is 0 Å². The molecule has 0 radical (unpaired) electrons. The van der Waals surface area contributed by atoms with Gasteiger partial charge in [0.05, 0.1) is 0 Å². The number of pyridine rings is 1. The lowest BCUT2D eigenvalue weighted by Gasteiger charge is -2.36. The average Bonchev–Trinajstić information content (AvgIpc) is 2.56. The Hall–Kier alpha value is -2.07. The van der Waals surface area contributed by atoms with E-state index in [4.69, 9.17) is 0 Å². The summed E-state index contributed by atoms with van der Waals surface area (Å²) < 4.78 is 0. The number of hydrogen-bond donors (Lipinski definition) is 0. The van der Waals surface area contributed by atoms with Crippen molar-refractivity contribution in [1.82, 2.24) is 9.88 Å². The first-order chi connectivity index (χ1) is 10.7. The van der Waals surface area contributed by atoms with Crippen LogP contribution in [0.15, 0.2) is 48.7 Å². The number of anilines is 2. The van der Waals surface area contributed by atoms with E-state index in [1.54, 1.807) is 0 Å². The first-order valence-electron chi connectivity index (χ1n) is 7.87. The average molecular weight is 296 g/mol. The molecule has 1 fully saturated rings. The molecule has 1 aliphatic rings. The number of piperazine rings is 1. The lowest BCUT2D eigenvalue weighted by molar-refractivity contribution is 0.402. The number of nitrogens with zero attached hydrogens (tertiary/aromatic N) is 4. The van der Waals surface area contributed by atoms with Crippen LogP contribution in [0.2, 0.25) is 0 Å². The van der Waals surface area contributed by atoms with Gasteiger partial charge in [-0.15, -0.1) is 0 Å². The Morgan fingerprint density at radius 1 is 0.909 bits per heavy atom. The van der Waals surface area contributed by atoms with Gasteiger partial charge in [0, 0.05) is 44.6 Å². The zero-order chi connectivity index (χ0) is 15.4. The first kappa shape index (κ1) is 14.9. The van der Waals surface area contributed by atoms with Crippen LogP contribution in [0.5, 0.6) is 0 Å². The van der Waals surface area contributed by atoms with Gasteiger partial charge in [-0.25, -0.2) is 4.98 Å². The van der Waals surface area contributed by atoms with Crippen molar-refractivity contribution in [2.24, 2.45) is 0 Å². The highest BCUT2D eigenvalue weighted by atomic mass is 15.3. The highest BCUT2D eigenvalue weighted by Crippen LogP contribution is 2.20. The fourth-order valence-corrected chi connectivity index (χ4v) is 2.91. The van der Waals surface area contributed by atoms with Gasteiger partial charge in [0.25, 0.3) is 0 Å². The predicted molar refractivity (Wildman–Crippen MR) is 92.5 cm³/mol. The largest absolute Gasteiger partial charge is 0.368 e. The zero-order valence-corrected chi connectivity index (χ0v) is 13.4. The summed E-state index contributed by atoms with van der Waals surface area (Å²) >= 11 is 0. The van der Waals surface area contributed by atoms with Crippen LogP contribution in [0.1, 0.15) is 5.56 Å². The molecule has 2 heterocycles. The molecule has 116 valence electrons. The molecule has 0 spiro atoms. The second-order valence-electron chi connectivity index (χ2n) is 6.07. The van der Waals surface area contributed by atoms with Gasteiger partial charge in [-0.2, -0.15) is 0 Å². The van der Waals surface area contributed by atoms with E-state index in [-0.39, 0.29) is 0 Å². The Bertz CT molecular complexity index is 572. The van der Waals surface area contributed by atoms with Gasteiger partial charge in [-0.3, -0.25) is 0 Å². The van der Waals surface area contributed by atoms with Crippen molar-refractivity contribution in [3.05, 3.63) is 54.2 Å². The van der Waals surface area contributed by atoms with Gasteiger partial charge in [-0.05, 0) is 43.9 Å². The summed E-state index contributed by atoms with van der Waals surface area (Å²) in [6, 6.07) is 15.1. The summed E-state index contributed by atoms with van der Waals surface area (Å²) in [5, 5.41) is 0. The molecule has 2 aromatic rings. The topological polar surface area (TPSA) is 22.6 Å². The van der Waals surface area contributed by atoms with E-state index in [1.165, 1.54) is 11.3 Å². The number of hydrogen-bond acceptors (Lipinski definition) is 4. The molecular weight excluding hydrogens is 272 g/mol. The zero-order valence-electron chi connectivity index (χ0n) is 13.4. The molecule has 4 nitrogen and oxygen atoms in total. The minimum Gasteiger partial charge on any atom is -0.368 e. The molecule has 1 aromatic heterocycles. The van der Waals surface area contributed by atoms with Crippen LogP contribution in [0.4, 0.5) is 11.5 Å². The highest BCUT2D eigenvalue weighted by Gasteiger charge is 2.17. The molecule has 0 unspecified atom stereocenters. The SMILES string of the molecule is CN(C)Cc1ccc(N2CCN(c3ccccn3)CC2)cc1. The van der Waals surface area contributed by atoms with E-state index in [0.717, 1.165) is 38.5 Å². The molecule has 0 saturated carbocycles. The summed E-state index contributed by atoms with van der Waals surface area (Å²) in [7, 11) is 4.20. The fraction of sp³-hybridized carbons (Fsp3) is 0.389. The lowest BCUT2D eigenvalue weighted by Crippen LogP contribution is -2.46. The minimum absolute atomic E-state index is 0.994. The fourth-order valence-electron chi connectivity index (χ4n) is 2.91. The van der Waals surface area contributed by atoms with Crippen molar-refractivity contribution in [1.29, 1.82) is 0 Å². The predicted octanol–water partition coefficient (Wildman–Crippen LogP) is 2.47. The standard InChI is InChI=1S/C18H24N4/c1-20(2)15-16-6-8-17(9-7-16)21-11-13-22(14-12-21)18-5-3-4-10-19-18/h3-10H,11-15H2,1-2H3. The molecule has 1 saturated heterocycles. The summed E-state index contributed by atoms with van der Waals surface area (Å²) in [6.07, 6.45) is 1.87. The Morgan fingerprint density at radius 3 is 2.18 bits per heavy atom. The minimum atomic E-state index is 0.994. The smallest absolute Gasteiger partial charge is 0.128 e. The molecule has 3 rings (SSSR count). The monoisotopic (exact) mass is 296 g/mol. The first-order valence-corrected chi connectivity index (χ1v) is 7.87. The quantitative estimate of drug-likeness (QED) is 0.864. The summed E-state index contributed by atoms with van der Waals surface area (Å²) in [6.45, 7) is 5.13. The maximum atomic E-state index is 4.44. The lowest BCUT2D eigenvalue weighted by atomic mass is 10.1. The molecule has 0 N–H and O–H groups in total. The molecule has 0 atom stereocenters. The van der Waals surface area contributed by atoms with E-state index >= 15 is 0 Å². The van der Waals surface area contributed by atoms with Gasteiger partial charge in [-0.1, -0.05) is 18.2 Å². The van der Waals surface area contributed by atoms with Gasteiger partial charge in [0.2, 0.25) is 0 Å². The maximum absolute atomic E-state index is 4.44. The van der Waals surface area contributed by atoms with E-state index in [0.29, 0.717) is 0 Å². The number of aromatic nitrogens is 1. The Morgan fingerprint density at radius 2 is 1.59 bits per heavy atom. The number of benzene rings is 1. The van der Waals surface area contributed by atoms with Crippen LogP contribution in [-0.4, -0.2) is 50.2 Å². The van der Waals surface area contributed by atoms with Crippen molar-refractivity contribution in [3.8, 4) is 0 Å². The second kappa shape index (κ2) is 6.79. The summed E-state index contributed by atoms with van der Waals surface area (Å²) in [5.41, 5.74) is 2.68. The molecule has 4 heteroatoms. The molecule has 22 heavy (non-hydrogen) atoms. The molecule has 0 amide bonds. The summed E-state index contributed by atoms with van der Waals surface area (Å²) in [4.78, 5) is 11.5. The molecule has 0 bridgehead atoms. The van der Waals surface area contributed by atoms with Gasteiger partial charge in [0.15, 0.2) is 0 Å². The van der Waals surface area contributed by atoms with Crippen LogP contribution < -0.4 is 9.80 Å². The van der Waals surface area contributed by atoms with Crippen LogP contribution >= 0.6 is 0 Å². The van der Waals surface area contributed by atoms with Crippen LogP contribution in [-0.2, 0) is 6.54 Å². The third kappa shape index (κ3) is 3.57. The second-order valence-corrected chi connectivity index (χ2v) is 6.07. The van der Waals surface area contributed by atoms with Gasteiger partial charge in [0.1, 0.15) is 5.82 Å². The van der Waals surface area contributed by atoms with Crippen molar-refractivity contribution in [3.63, 3.8) is 0 Å². The third-order valence-corrected chi connectivity index (χ3v) is 4.05. The highest BCUT2D eigenvalue weighted by molar-refractivity contribution is 5.50. The molecule has 0 aliphatic carbocycles. The summed E-state index contributed by atoms with van der Waals surface area (Å²) in [5.74, 6) is 1.09. The van der Waals surface area contributed by atoms with E-state index in [9.17, 15) is 0 Å². The van der Waals surface area contributed by atoms with E-state index in [1.807, 2.05) is 12.3 Å². The van der Waals surface area contributed by atoms with Gasteiger partial charge >= 0.3 is 0 Å². The molecule has 1 aromatic carbocycles. The maximum Gasteiger partial charge on any atom is 0.128 e. The number of rotatable bonds is 4. The van der Waals surface area contributed by atoms with Crippen molar-refractivity contribution < 1.29 is 0 Å². The Balaban J connectivity index is 1.59. The third-order valence-electron chi connectivity index (χ3n) is 4.05. The Labute approximate surface area is 133 Å². The molecule has 1 aliphatic heterocycles. The normalized spacial score (nSPS) is 15.4. The Kier molecular flexibility index (Phi) is 4.59. The van der Waals surface area contributed by atoms with E-state index < -0.39 is 0 Å². The van der Waals surface area contributed by atoms with Crippen molar-refractivity contribution in [2.75, 3.05) is 50.1 Å². The molecular formula is C18H24N4. The van der Waals surface area contributed by atoms with Gasteiger partial charge < -0.3 is 14.7 Å².